The molecule has 0 spiro atoms. The van der Waals surface area contributed by atoms with E-state index in [2.05, 4.69) is 9.97 Å². The molecule has 0 atom stereocenters. The Morgan fingerprint density at radius 3 is 2.85 bits per heavy atom. The number of amides is 1. The first-order valence-corrected chi connectivity index (χ1v) is 10.8. The van der Waals surface area contributed by atoms with Gasteiger partial charge in [0.05, 0.1) is 23.6 Å². The van der Waals surface area contributed by atoms with Crippen LogP contribution in [0.3, 0.4) is 0 Å². The molecule has 2 aliphatic rings. The van der Waals surface area contributed by atoms with Crippen LogP contribution >= 0.6 is 0 Å². The molecule has 1 amide bonds. The normalized spacial score (nSPS) is 15.5. The van der Waals surface area contributed by atoms with Gasteiger partial charge in [-0.15, -0.1) is 0 Å². The summed E-state index contributed by atoms with van der Waals surface area (Å²) in [7, 11) is 0. The number of halogens is 1. The van der Waals surface area contributed by atoms with E-state index < -0.39 is 11.7 Å². The fourth-order valence-electron chi connectivity index (χ4n) is 4.13. The smallest absolute Gasteiger partial charge is 0.256 e. The Kier molecular flexibility index (Phi) is 5.50. The molecule has 0 saturated carbocycles. The van der Waals surface area contributed by atoms with E-state index in [4.69, 9.17) is 9.47 Å². The van der Waals surface area contributed by atoms with Crippen molar-refractivity contribution in [1.29, 1.82) is 0 Å². The van der Waals surface area contributed by atoms with Crippen LogP contribution in [-0.4, -0.2) is 52.9 Å². The Bertz CT molecular complexity index is 1230. The summed E-state index contributed by atoms with van der Waals surface area (Å²) in [6.07, 6.45) is 3.60. The minimum Gasteiger partial charge on any atom is -0.491 e. The minimum atomic E-state index is -0.640. The van der Waals surface area contributed by atoms with Gasteiger partial charge in [0.15, 0.2) is 5.78 Å². The van der Waals surface area contributed by atoms with E-state index in [1.165, 1.54) is 12.1 Å². The fourth-order valence-corrected chi connectivity index (χ4v) is 4.13. The molecule has 0 bridgehead atoms. The summed E-state index contributed by atoms with van der Waals surface area (Å²) in [5.74, 6) is -0.00395. The third-order valence-corrected chi connectivity index (χ3v) is 5.89. The predicted octanol–water partition coefficient (Wildman–Crippen LogP) is 3.25. The topological polar surface area (TPSA) is 81.6 Å². The Morgan fingerprint density at radius 2 is 2.06 bits per heavy atom. The van der Waals surface area contributed by atoms with Gasteiger partial charge in [0, 0.05) is 55.0 Å². The number of likely N-dealkylation sites (tertiary alicyclic amines) is 1. The summed E-state index contributed by atoms with van der Waals surface area (Å²) < 4.78 is 25.9. The lowest BCUT2D eigenvalue weighted by Gasteiger charge is -2.39. The summed E-state index contributed by atoms with van der Waals surface area (Å²) in [6, 6.07) is 10.2. The van der Waals surface area contributed by atoms with E-state index in [0.717, 1.165) is 17.0 Å². The molecule has 7 nitrogen and oxygen atoms in total. The van der Waals surface area contributed by atoms with E-state index >= 15 is 0 Å². The standard InChI is InChI=1S/C25H22FN3O4/c1-15-24(19(5-7-27-15)22-4-2-3-6-28-22)33-13-16-11-29(12-16)25(31)20-9-17-8-18(30)14-32-23(17)10-21(20)26/h2-7,9-10,16H,8,11-14H2,1H3. The minimum absolute atomic E-state index is 0.0352. The number of nitrogens with zero attached hydrogens (tertiary/aromatic N) is 3. The Labute approximate surface area is 190 Å². The maximum atomic E-state index is 14.5. The number of pyridine rings is 2. The van der Waals surface area contributed by atoms with Crippen LogP contribution in [0.2, 0.25) is 0 Å². The largest absolute Gasteiger partial charge is 0.491 e. The molecule has 0 N–H and O–H groups in total. The van der Waals surface area contributed by atoms with Crippen LogP contribution in [0.5, 0.6) is 11.5 Å². The lowest BCUT2D eigenvalue weighted by atomic mass is 9.97. The van der Waals surface area contributed by atoms with Crippen molar-refractivity contribution >= 4 is 11.7 Å². The Balaban J connectivity index is 1.23. The number of Topliss-reactive ketones (excluding diaryl/α,β-unsaturated/α-hetero) is 1. The number of aryl methyl sites for hydroxylation is 1. The molecule has 4 heterocycles. The van der Waals surface area contributed by atoms with Gasteiger partial charge in [-0.05, 0) is 31.2 Å². The molecule has 168 valence electrons. The SMILES string of the molecule is Cc1nccc(-c2ccccn2)c1OCC1CN(C(=O)c2cc3c(cc2F)OCC(=O)C3)C1. The molecule has 3 aromatic rings. The van der Waals surface area contributed by atoms with Gasteiger partial charge in [0.25, 0.3) is 5.91 Å². The summed E-state index contributed by atoms with van der Waals surface area (Å²) in [5, 5.41) is 0. The number of ketones is 1. The zero-order valence-electron chi connectivity index (χ0n) is 18.1. The molecule has 1 fully saturated rings. The van der Waals surface area contributed by atoms with Gasteiger partial charge in [-0.2, -0.15) is 0 Å². The van der Waals surface area contributed by atoms with Gasteiger partial charge in [-0.3, -0.25) is 19.6 Å². The van der Waals surface area contributed by atoms with Crippen LogP contribution in [0.1, 0.15) is 21.6 Å². The van der Waals surface area contributed by atoms with Crippen molar-refractivity contribution in [2.45, 2.75) is 13.3 Å². The second-order valence-corrected chi connectivity index (χ2v) is 8.32. The Morgan fingerprint density at radius 1 is 1.21 bits per heavy atom. The van der Waals surface area contributed by atoms with Crippen LogP contribution in [0.4, 0.5) is 4.39 Å². The van der Waals surface area contributed by atoms with E-state index in [1.54, 1.807) is 17.3 Å². The van der Waals surface area contributed by atoms with E-state index in [-0.39, 0.29) is 30.3 Å². The lowest BCUT2D eigenvalue weighted by molar-refractivity contribution is -0.121. The maximum absolute atomic E-state index is 14.5. The molecular weight excluding hydrogens is 425 g/mol. The van der Waals surface area contributed by atoms with Crippen molar-refractivity contribution in [3.63, 3.8) is 0 Å². The first kappa shape index (κ1) is 21.1. The average molecular weight is 447 g/mol. The number of aromatic nitrogens is 2. The summed E-state index contributed by atoms with van der Waals surface area (Å²) >= 11 is 0. The van der Waals surface area contributed by atoms with Crippen molar-refractivity contribution in [2.75, 3.05) is 26.3 Å². The van der Waals surface area contributed by atoms with Crippen LogP contribution in [-0.2, 0) is 11.2 Å². The number of ether oxygens (including phenoxy) is 2. The van der Waals surface area contributed by atoms with Gasteiger partial charge in [0.1, 0.15) is 23.9 Å². The summed E-state index contributed by atoms with van der Waals surface area (Å²) in [6.45, 7) is 3.15. The number of benzene rings is 1. The third-order valence-electron chi connectivity index (χ3n) is 5.89. The number of rotatable bonds is 5. The second-order valence-electron chi connectivity index (χ2n) is 8.32. The highest BCUT2D eigenvalue weighted by molar-refractivity contribution is 5.96. The number of fused-ring (bicyclic) bond motifs is 1. The molecule has 33 heavy (non-hydrogen) atoms. The molecule has 8 heteroatoms. The highest BCUT2D eigenvalue weighted by Crippen LogP contribution is 2.32. The number of carbonyl (C=O) groups excluding carboxylic acids is 2. The molecule has 0 unspecified atom stereocenters. The monoisotopic (exact) mass is 447 g/mol. The Hall–Kier alpha value is -3.81. The van der Waals surface area contributed by atoms with Gasteiger partial charge < -0.3 is 14.4 Å². The zero-order chi connectivity index (χ0) is 22.9. The highest BCUT2D eigenvalue weighted by atomic mass is 19.1. The van der Waals surface area contributed by atoms with Crippen LogP contribution in [0.15, 0.2) is 48.8 Å². The first-order chi connectivity index (χ1) is 16.0. The summed E-state index contributed by atoms with van der Waals surface area (Å²) in [4.78, 5) is 34.8. The van der Waals surface area contributed by atoms with Crippen molar-refractivity contribution in [1.82, 2.24) is 14.9 Å². The predicted molar refractivity (Wildman–Crippen MR) is 118 cm³/mol. The molecule has 2 aromatic heterocycles. The van der Waals surface area contributed by atoms with Crippen molar-refractivity contribution in [2.24, 2.45) is 5.92 Å². The molecule has 2 aliphatic heterocycles. The fraction of sp³-hybridized carbons (Fsp3) is 0.280. The third kappa shape index (κ3) is 4.16. The van der Waals surface area contributed by atoms with Crippen LogP contribution in [0, 0.1) is 18.7 Å². The zero-order valence-corrected chi connectivity index (χ0v) is 18.1. The molecule has 0 aliphatic carbocycles. The van der Waals surface area contributed by atoms with Gasteiger partial charge in [0.2, 0.25) is 0 Å². The first-order valence-electron chi connectivity index (χ1n) is 10.8. The van der Waals surface area contributed by atoms with Gasteiger partial charge >= 0.3 is 0 Å². The highest BCUT2D eigenvalue weighted by Gasteiger charge is 2.34. The van der Waals surface area contributed by atoms with E-state index in [9.17, 15) is 14.0 Å². The van der Waals surface area contributed by atoms with Crippen LogP contribution < -0.4 is 9.47 Å². The van der Waals surface area contributed by atoms with Crippen molar-refractivity contribution < 1.29 is 23.5 Å². The molecule has 5 rings (SSSR count). The lowest BCUT2D eigenvalue weighted by Crippen LogP contribution is -2.52. The maximum Gasteiger partial charge on any atom is 0.256 e. The summed E-state index contributed by atoms with van der Waals surface area (Å²) in [5.41, 5.74) is 2.94. The van der Waals surface area contributed by atoms with Crippen molar-refractivity contribution in [3.8, 4) is 22.8 Å². The van der Waals surface area contributed by atoms with E-state index in [1.807, 2.05) is 31.2 Å². The van der Waals surface area contributed by atoms with Gasteiger partial charge in [-0.25, -0.2) is 4.39 Å². The van der Waals surface area contributed by atoms with Gasteiger partial charge in [-0.1, -0.05) is 6.07 Å². The molecular formula is C25H22FN3O4. The molecule has 1 saturated heterocycles. The quantitative estimate of drug-likeness (QED) is 0.597. The number of hydrogen-bond donors (Lipinski definition) is 0. The van der Waals surface area contributed by atoms with Crippen molar-refractivity contribution in [3.05, 3.63) is 71.4 Å². The number of carbonyl (C=O) groups is 2. The molecule has 0 radical (unpaired) electrons. The van der Waals surface area contributed by atoms with Crippen LogP contribution in [0.25, 0.3) is 11.3 Å². The number of hydrogen-bond acceptors (Lipinski definition) is 6. The molecule has 1 aromatic carbocycles. The second kappa shape index (κ2) is 8.61. The van der Waals surface area contributed by atoms with E-state index in [0.29, 0.717) is 36.8 Å². The average Bonchev–Trinajstić information content (AvgIpc) is 2.79.